The van der Waals surface area contributed by atoms with Crippen molar-refractivity contribution in [2.75, 3.05) is 0 Å². The molecule has 0 bridgehead atoms. The van der Waals surface area contributed by atoms with Crippen molar-refractivity contribution in [3.05, 3.63) is 46.2 Å². The highest BCUT2D eigenvalue weighted by molar-refractivity contribution is 6.30. The van der Waals surface area contributed by atoms with Gasteiger partial charge in [-0.25, -0.2) is 0 Å². The van der Waals surface area contributed by atoms with E-state index in [-0.39, 0.29) is 11.9 Å². The van der Waals surface area contributed by atoms with Crippen LogP contribution in [0.5, 0.6) is 0 Å². The van der Waals surface area contributed by atoms with Gasteiger partial charge in [0.15, 0.2) is 5.78 Å². The molecule has 3 heteroatoms. The number of carbonyl (C=O) groups is 1. The monoisotopic (exact) mass is 236 g/mol. The van der Waals surface area contributed by atoms with E-state index in [0.29, 0.717) is 11.4 Å². The van der Waals surface area contributed by atoms with Gasteiger partial charge in [-0.15, -0.1) is 0 Å². The lowest BCUT2D eigenvalue weighted by molar-refractivity contribution is -0.113. The molecule has 2 nitrogen and oxygen atoms in total. The van der Waals surface area contributed by atoms with E-state index in [9.17, 15) is 4.79 Å². The van der Waals surface area contributed by atoms with Crippen LogP contribution in [0.25, 0.3) is 0 Å². The van der Waals surface area contributed by atoms with E-state index in [1.54, 1.807) is 6.92 Å². The zero-order chi connectivity index (χ0) is 11.7. The molecule has 16 heavy (non-hydrogen) atoms. The highest BCUT2D eigenvalue weighted by Gasteiger charge is 2.26. The molecule has 0 aromatic heterocycles. The molecule has 0 spiro atoms. The Balaban J connectivity index is 2.17. The number of hydrogen-bond acceptors (Lipinski definition) is 2. The van der Waals surface area contributed by atoms with Crippen molar-refractivity contribution < 1.29 is 9.53 Å². The van der Waals surface area contributed by atoms with Crippen LogP contribution in [-0.4, -0.2) is 5.78 Å². The second-order valence-electron chi connectivity index (χ2n) is 3.95. The van der Waals surface area contributed by atoms with Crippen LogP contribution in [0, 0.1) is 0 Å². The number of hydrogen-bond donors (Lipinski definition) is 0. The molecule has 1 aliphatic rings. The minimum absolute atomic E-state index is 0.0452. The van der Waals surface area contributed by atoms with E-state index in [1.165, 1.54) is 0 Å². The lowest BCUT2D eigenvalue weighted by Crippen LogP contribution is -1.98. The van der Waals surface area contributed by atoms with Crippen molar-refractivity contribution in [1.29, 1.82) is 0 Å². The van der Waals surface area contributed by atoms with Crippen molar-refractivity contribution in [3.8, 4) is 0 Å². The lowest BCUT2D eigenvalue weighted by Gasteiger charge is -2.11. The first-order valence-electron chi connectivity index (χ1n) is 5.20. The summed E-state index contributed by atoms with van der Waals surface area (Å²) in [5.74, 6) is 0.835. The van der Waals surface area contributed by atoms with Crippen LogP contribution in [0.3, 0.4) is 0 Å². The predicted octanol–water partition coefficient (Wildman–Crippen LogP) is 3.66. The van der Waals surface area contributed by atoms with Gasteiger partial charge in [-0.1, -0.05) is 23.7 Å². The summed E-state index contributed by atoms with van der Waals surface area (Å²) in [5, 5.41) is 0.707. The maximum atomic E-state index is 11.3. The van der Waals surface area contributed by atoms with Crippen molar-refractivity contribution in [2.45, 2.75) is 26.4 Å². The lowest BCUT2D eigenvalue weighted by atomic mass is 10.0. The average molecular weight is 237 g/mol. The van der Waals surface area contributed by atoms with Crippen LogP contribution in [0.15, 0.2) is 35.6 Å². The van der Waals surface area contributed by atoms with E-state index < -0.39 is 0 Å². The summed E-state index contributed by atoms with van der Waals surface area (Å²) in [6.07, 6.45) is 0.610. The smallest absolute Gasteiger partial charge is 0.159 e. The highest BCUT2D eigenvalue weighted by Crippen LogP contribution is 2.36. The first kappa shape index (κ1) is 11.2. The van der Waals surface area contributed by atoms with E-state index in [0.717, 1.165) is 16.9 Å². The van der Waals surface area contributed by atoms with E-state index in [4.69, 9.17) is 16.3 Å². The first-order valence-corrected chi connectivity index (χ1v) is 5.58. The minimum atomic E-state index is -0.0452. The molecule has 1 heterocycles. The van der Waals surface area contributed by atoms with E-state index >= 15 is 0 Å². The van der Waals surface area contributed by atoms with Crippen molar-refractivity contribution in [3.63, 3.8) is 0 Å². The summed E-state index contributed by atoms with van der Waals surface area (Å²) in [7, 11) is 0. The largest absolute Gasteiger partial charge is 0.490 e. The fourth-order valence-corrected chi connectivity index (χ4v) is 2.04. The van der Waals surface area contributed by atoms with Gasteiger partial charge in [0.1, 0.15) is 11.9 Å². The Labute approximate surface area is 99.9 Å². The molecule has 1 unspecified atom stereocenters. The number of carbonyl (C=O) groups excluding carboxylic acids is 1. The number of Topliss-reactive ketones (excluding diaryl/α,β-unsaturated/α-hetero) is 1. The summed E-state index contributed by atoms with van der Waals surface area (Å²) in [4.78, 5) is 11.3. The zero-order valence-electron chi connectivity index (χ0n) is 9.29. The molecule has 0 saturated heterocycles. The third-order valence-electron chi connectivity index (χ3n) is 2.80. The number of benzene rings is 1. The molecular weight excluding hydrogens is 224 g/mol. The molecule has 2 rings (SSSR count). The summed E-state index contributed by atoms with van der Waals surface area (Å²) in [5.41, 5.74) is 1.85. The first-order chi connectivity index (χ1) is 7.58. The Morgan fingerprint density at radius 3 is 2.50 bits per heavy atom. The molecule has 1 aromatic carbocycles. The van der Waals surface area contributed by atoms with Gasteiger partial charge in [0, 0.05) is 17.0 Å². The van der Waals surface area contributed by atoms with Crippen molar-refractivity contribution >= 4 is 17.4 Å². The summed E-state index contributed by atoms with van der Waals surface area (Å²) < 4.78 is 5.68. The molecule has 1 aromatic rings. The van der Waals surface area contributed by atoms with E-state index in [2.05, 4.69) is 0 Å². The van der Waals surface area contributed by atoms with Gasteiger partial charge in [-0.05, 0) is 31.5 Å². The van der Waals surface area contributed by atoms with Crippen LogP contribution in [0.1, 0.15) is 31.9 Å². The van der Waals surface area contributed by atoms with Gasteiger partial charge >= 0.3 is 0 Å². The molecule has 0 radical (unpaired) electrons. The van der Waals surface area contributed by atoms with Gasteiger partial charge < -0.3 is 4.74 Å². The number of ketones is 1. The topological polar surface area (TPSA) is 26.3 Å². The third kappa shape index (κ3) is 2.12. The summed E-state index contributed by atoms with van der Waals surface area (Å²) >= 11 is 5.82. The van der Waals surface area contributed by atoms with Gasteiger partial charge in [-0.2, -0.15) is 0 Å². The maximum Gasteiger partial charge on any atom is 0.159 e. The Bertz CT molecular complexity index is 446. The fraction of sp³-hybridized carbons (Fsp3) is 0.308. The molecule has 1 aliphatic heterocycles. The Morgan fingerprint density at radius 1 is 1.38 bits per heavy atom. The van der Waals surface area contributed by atoms with Gasteiger partial charge in [0.05, 0.1) is 0 Å². The number of ether oxygens (including phenoxy) is 1. The quantitative estimate of drug-likeness (QED) is 0.783. The Morgan fingerprint density at radius 2 is 2.00 bits per heavy atom. The highest BCUT2D eigenvalue weighted by atomic mass is 35.5. The summed E-state index contributed by atoms with van der Waals surface area (Å²) in [6.45, 7) is 3.42. The fourth-order valence-electron chi connectivity index (χ4n) is 1.91. The number of rotatable bonds is 2. The molecule has 0 aliphatic carbocycles. The van der Waals surface area contributed by atoms with Gasteiger partial charge in [0.25, 0.3) is 0 Å². The molecule has 84 valence electrons. The average Bonchev–Trinajstić information content (AvgIpc) is 2.61. The standard InChI is InChI=1S/C13H13ClO2/c1-8(15)12-7-13(16-9(12)2)10-3-5-11(14)6-4-10/h3-6,13H,7H2,1-2H3. The van der Waals surface area contributed by atoms with Gasteiger partial charge in [0.2, 0.25) is 0 Å². The normalized spacial score (nSPS) is 19.8. The second kappa shape index (κ2) is 4.30. The predicted molar refractivity (Wildman–Crippen MR) is 63.3 cm³/mol. The molecular formula is C13H13ClO2. The molecule has 1 atom stereocenters. The SMILES string of the molecule is CC(=O)C1=C(C)OC(c2ccc(Cl)cc2)C1. The molecule has 0 amide bonds. The molecule has 0 saturated carbocycles. The Hall–Kier alpha value is -1.28. The maximum absolute atomic E-state index is 11.3. The van der Waals surface area contributed by atoms with Crippen molar-refractivity contribution in [1.82, 2.24) is 0 Å². The van der Waals surface area contributed by atoms with Crippen LogP contribution in [0.2, 0.25) is 5.02 Å². The molecule has 0 fully saturated rings. The van der Waals surface area contributed by atoms with Crippen LogP contribution in [0.4, 0.5) is 0 Å². The van der Waals surface area contributed by atoms with Gasteiger partial charge in [-0.3, -0.25) is 4.79 Å². The molecule has 0 N–H and O–H groups in total. The van der Waals surface area contributed by atoms with Crippen molar-refractivity contribution in [2.24, 2.45) is 0 Å². The summed E-state index contributed by atoms with van der Waals surface area (Å²) in [6, 6.07) is 7.54. The van der Waals surface area contributed by atoms with E-state index in [1.807, 2.05) is 31.2 Å². The minimum Gasteiger partial charge on any atom is -0.490 e. The van der Waals surface area contributed by atoms with Crippen LogP contribution in [-0.2, 0) is 9.53 Å². The second-order valence-corrected chi connectivity index (χ2v) is 4.39. The van der Waals surface area contributed by atoms with Crippen LogP contribution >= 0.6 is 11.6 Å². The number of halogens is 1. The van der Waals surface area contributed by atoms with Crippen LogP contribution < -0.4 is 0 Å². The number of allylic oxidation sites excluding steroid dienone is 1. The zero-order valence-corrected chi connectivity index (χ0v) is 10.0. The Kier molecular flexibility index (Phi) is 3.01. The third-order valence-corrected chi connectivity index (χ3v) is 3.05.